The van der Waals surface area contributed by atoms with Gasteiger partial charge in [-0.3, -0.25) is 4.79 Å². The summed E-state index contributed by atoms with van der Waals surface area (Å²) in [6.45, 7) is 3.60. The molecular formula is C10H12ClNO2. The molecule has 0 aliphatic carbocycles. The summed E-state index contributed by atoms with van der Waals surface area (Å²) in [7, 11) is 1.49. The van der Waals surface area contributed by atoms with Crippen molar-refractivity contribution in [1.29, 1.82) is 0 Å². The van der Waals surface area contributed by atoms with Crippen LogP contribution in [0.4, 0.5) is 0 Å². The summed E-state index contributed by atoms with van der Waals surface area (Å²) >= 11 is 5.99. The molecular weight excluding hydrogens is 202 g/mol. The molecule has 0 radical (unpaired) electrons. The molecule has 0 saturated carbocycles. The molecule has 0 aliphatic heterocycles. The van der Waals surface area contributed by atoms with Crippen molar-refractivity contribution in [3.63, 3.8) is 0 Å². The summed E-state index contributed by atoms with van der Waals surface area (Å²) < 4.78 is 5.06. The first-order valence-electron chi connectivity index (χ1n) is 4.12. The lowest BCUT2D eigenvalue weighted by molar-refractivity contribution is 0.0997. The lowest BCUT2D eigenvalue weighted by Crippen LogP contribution is -2.14. The van der Waals surface area contributed by atoms with Crippen LogP contribution in [0.15, 0.2) is 6.07 Å². The molecule has 14 heavy (non-hydrogen) atoms. The van der Waals surface area contributed by atoms with Crippen LogP contribution in [-0.4, -0.2) is 13.0 Å². The molecule has 0 aliphatic rings. The molecule has 4 heteroatoms. The first-order valence-corrected chi connectivity index (χ1v) is 4.50. The van der Waals surface area contributed by atoms with Gasteiger partial charge < -0.3 is 10.5 Å². The topological polar surface area (TPSA) is 52.3 Å². The van der Waals surface area contributed by atoms with Crippen molar-refractivity contribution < 1.29 is 9.53 Å². The van der Waals surface area contributed by atoms with E-state index in [4.69, 9.17) is 22.1 Å². The molecule has 0 aromatic heterocycles. The van der Waals surface area contributed by atoms with E-state index in [1.165, 1.54) is 7.11 Å². The Morgan fingerprint density at radius 1 is 1.50 bits per heavy atom. The van der Waals surface area contributed by atoms with Crippen LogP contribution in [-0.2, 0) is 0 Å². The molecule has 1 aromatic carbocycles. The molecule has 0 unspecified atom stereocenters. The van der Waals surface area contributed by atoms with E-state index in [0.717, 1.165) is 5.56 Å². The van der Waals surface area contributed by atoms with Crippen molar-refractivity contribution in [1.82, 2.24) is 0 Å². The fourth-order valence-electron chi connectivity index (χ4n) is 1.39. The molecule has 0 bridgehead atoms. The van der Waals surface area contributed by atoms with Gasteiger partial charge in [-0.25, -0.2) is 0 Å². The third-order valence-corrected chi connectivity index (χ3v) is 2.69. The Hall–Kier alpha value is -1.22. The van der Waals surface area contributed by atoms with Crippen LogP contribution < -0.4 is 10.5 Å². The Kier molecular flexibility index (Phi) is 3.01. The van der Waals surface area contributed by atoms with Gasteiger partial charge in [0.15, 0.2) is 0 Å². The molecule has 2 N–H and O–H groups in total. The zero-order valence-electron chi connectivity index (χ0n) is 8.35. The Balaban J connectivity index is 3.53. The van der Waals surface area contributed by atoms with E-state index in [1.54, 1.807) is 13.0 Å². The van der Waals surface area contributed by atoms with Crippen molar-refractivity contribution in [3.8, 4) is 5.75 Å². The SMILES string of the molecule is COc1cc(C)c(Cl)c(C)c1C(N)=O. The lowest BCUT2D eigenvalue weighted by Gasteiger charge is -2.12. The molecule has 0 spiro atoms. The van der Waals surface area contributed by atoms with Gasteiger partial charge in [-0.15, -0.1) is 0 Å². The Bertz CT molecular complexity index is 388. The van der Waals surface area contributed by atoms with Gasteiger partial charge in [-0.1, -0.05) is 11.6 Å². The number of amides is 1. The minimum Gasteiger partial charge on any atom is -0.496 e. The molecule has 76 valence electrons. The van der Waals surface area contributed by atoms with Gasteiger partial charge >= 0.3 is 0 Å². The van der Waals surface area contributed by atoms with E-state index in [2.05, 4.69) is 0 Å². The number of halogens is 1. The van der Waals surface area contributed by atoms with Crippen molar-refractivity contribution in [2.45, 2.75) is 13.8 Å². The molecule has 0 heterocycles. The molecule has 1 rings (SSSR count). The van der Waals surface area contributed by atoms with Crippen LogP contribution in [0, 0.1) is 13.8 Å². The lowest BCUT2D eigenvalue weighted by atomic mass is 10.0. The number of ether oxygens (including phenoxy) is 1. The molecule has 1 aromatic rings. The number of carbonyl (C=O) groups excluding carboxylic acids is 1. The maximum atomic E-state index is 11.1. The van der Waals surface area contributed by atoms with E-state index in [1.807, 2.05) is 6.92 Å². The average molecular weight is 214 g/mol. The van der Waals surface area contributed by atoms with Crippen LogP contribution >= 0.6 is 11.6 Å². The zero-order valence-corrected chi connectivity index (χ0v) is 9.11. The van der Waals surface area contributed by atoms with E-state index in [9.17, 15) is 4.79 Å². The van der Waals surface area contributed by atoms with Crippen LogP contribution in [0.5, 0.6) is 5.75 Å². The summed E-state index contributed by atoms with van der Waals surface area (Å²) in [6.07, 6.45) is 0. The fourth-order valence-corrected chi connectivity index (χ4v) is 1.54. The highest BCUT2D eigenvalue weighted by atomic mass is 35.5. The van der Waals surface area contributed by atoms with E-state index in [-0.39, 0.29) is 0 Å². The van der Waals surface area contributed by atoms with Gasteiger partial charge in [0.25, 0.3) is 5.91 Å². The molecule has 1 amide bonds. The van der Waals surface area contributed by atoms with Gasteiger partial charge in [-0.2, -0.15) is 0 Å². The predicted octanol–water partition coefficient (Wildman–Crippen LogP) is 2.06. The highest BCUT2D eigenvalue weighted by Gasteiger charge is 2.16. The largest absolute Gasteiger partial charge is 0.496 e. The third kappa shape index (κ3) is 1.68. The van der Waals surface area contributed by atoms with Crippen molar-refractivity contribution in [3.05, 3.63) is 27.8 Å². The summed E-state index contributed by atoms with van der Waals surface area (Å²) in [4.78, 5) is 11.1. The Morgan fingerprint density at radius 2 is 2.07 bits per heavy atom. The first kappa shape index (κ1) is 10.9. The zero-order chi connectivity index (χ0) is 10.9. The van der Waals surface area contributed by atoms with E-state index in [0.29, 0.717) is 21.9 Å². The number of benzene rings is 1. The third-order valence-electron chi connectivity index (χ3n) is 2.11. The summed E-state index contributed by atoms with van der Waals surface area (Å²) in [6, 6.07) is 1.70. The highest BCUT2D eigenvalue weighted by molar-refractivity contribution is 6.32. The number of hydrogen-bond acceptors (Lipinski definition) is 2. The van der Waals surface area contributed by atoms with Gasteiger partial charge in [-0.05, 0) is 31.0 Å². The Morgan fingerprint density at radius 3 is 2.50 bits per heavy atom. The van der Waals surface area contributed by atoms with Crippen LogP contribution in [0.2, 0.25) is 5.02 Å². The van der Waals surface area contributed by atoms with Crippen molar-refractivity contribution >= 4 is 17.5 Å². The monoisotopic (exact) mass is 213 g/mol. The fraction of sp³-hybridized carbons (Fsp3) is 0.300. The number of nitrogens with two attached hydrogens (primary N) is 1. The minimum atomic E-state index is -0.527. The maximum Gasteiger partial charge on any atom is 0.252 e. The smallest absolute Gasteiger partial charge is 0.252 e. The predicted molar refractivity (Wildman–Crippen MR) is 56.0 cm³/mol. The number of carbonyl (C=O) groups is 1. The normalized spacial score (nSPS) is 10.0. The number of methoxy groups -OCH3 is 1. The van der Waals surface area contributed by atoms with Crippen LogP contribution in [0.3, 0.4) is 0 Å². The van der Waals surface area contributed by atoms with Gasteiger partial charge in [0, 0.05) is 5.02 Å². The maximum absolute atomic E-state index is 11.1. The highest BCUT2D eigenvalue weighted by Crippen LogP contribution is 2.30. The van der Waals surface area contributed by atoms with E-state index < -0.39 is 5.91 Å². The number of hydrogen-bond donors (Lipinski definition) is 1. The first-order chi connectivity index (χ1) is 6.49. The number of rotatable bonds is 2. The summed E-state index contributed by atoms with van der Waals surface area (Å²) in [5, 5.41) is 0.555. The van der Waals surface area contributed by atoms with Crippen LogP contribution in [0.25, 0.3) is 0 Å². The quantitative estimate of drug-likeness (QED) is 0.818. The second-order valence-corrected chi connectivity index (χ2v) is 3.45. The van der Waals surface area contributed by atoms with Gasteiger partial charge in [0.05, 0.1) is 12.7 Å². The summed E-state index contributed by atoms with van der Waals surface area (Å²) in [5.41, 5.74) is 7.11. The van der Waals surface area contributed by atoms with E-state index >= 15 is 0 Å². The molecule has 0 saturated heterocycles. The minimum absolute atomic E-state index is 0.350. The Labute approximate surface area is 87.8 Å². The van der Waals surface area contributed by atoms with Crippen molar-refractivity contribution in [2.24, 2.45) is 5.73 Å². The average Bonchev–Trinajstić information content (AvgIpc) is 2.12. The second kappa shape index (κ2) is 3.88. The summed E-state index contributed by atoms with van der Waals surface area (Å²) in [5.74, 6) is -0.0573. The second-order valence-electron chi connectivity index (χ2n) is 3.07. The number of aryl methyl sites for hydroxylation is 1. The standard InChI is InChI=1S/C10H12ClNO2/c1-5-4-7(14-3)8(10(12)13)6(2)9(5)11/h4H,1-3H3,(H2,12,13). The molecule has 0 fully saturated rings. The van der Waals surface area contributed by atoms with Crippen molar-refractivity contribution in [2.75, 3.05) is 7.11 Å². The molecule has 0 atom stereocenters. The van der Waals surface area contributed by atoms with Gasteiger partial charge in [0.2, 0.25) is 0 Å². The van der Waals surface area contributed by atoms with Crippen LogP contribution in [0.1, 0.15) is 21.5 Å². The molecule has 3 nitrogen and oxygen atoms in total. The number of primary amides is 1. The van der Waals surface area contributed by atoms with Gasteiger partial charge in [0.1, 0.15) is 5.75 Å².